The molecule has 2 bridgehead atoms. The Hall–Kier alpha value is -2.00. The Balaban J connectivity index is 1.59. The summed E-state index contributed by atoms with van der Waals surface area (Å²) in [4.78, 5) is 22.8. The molecule has 4 rings (SSSR count). The molecule has 0 N–H and O–H groups in total. The number of carbonyl (C=O) groups is 1. The molecule has 3 aliphatic rings. The average molecular weight is 332 g/mol. The van der Waals surface area contributed by atoms with Crippen LogP contribution < -0.4 is 4.90 Å². The van der Waals surface area contributed by atoms with Crippen LogP contribution in [0.4, 0.5) is 10.6 Å². The van der Waals surface area contributed by atoms with Crippen molar-refractivity contribution in [1.82, 2.24) is 14.8 Å². The van der Waals surface area contributed by atoms with E-state index in [1.54, 1.807) is 11.0 Å². The van der Waals surface area contributed by atoms with Gasteiger partial charge in [0.25, 0.3) is 0 Å². The number of pyridine rings is 1. The lowest BCUT2D eigenvalue weighted by molar-refractivity contribution is 0.173. The van der Waals surface area contributed by atoms with Crippen molar-refractivity contribution in [2.24, 2.45) is 5.92 Å². The second kappa shape index (κ2) is 5.27. The molecule has 2 saturated heterocycles. The smallest absolute Gasteiger partial charge is 0.320 e. The molecular formula is C16H18ClN5O. The van der Waals surface area contributed by atoms with Crippen LogP contribution in [0, 0.1) is 17.2 Å². The first kappa shape index (κ1) is 14.6. The molecule has 23 heavy (non-hydrogen) atoms. The fraction of sp³-hybridized carbons (Fsp3) is 0.562. The monoisotopic (exact) mass is 331 g/mol. The van der Waals surface area contributed by atoms with Gasteiger partial charge >= 0.3 is 6.03 Å². The second-order valence-corrected chi connectivity index (χ2v) is 7.00. The summed E-state index contributed by atoms with van der Waals surface area (Å²) in [7, 11) is 1.86. The molecule has 1 aromatic rings. The lowest BCUT2D eigenvalue weighted by Gasteiger charge is -2.38. The summed E-state index contributed by atoms with van der Waals surface area (Å²) in [5.74, 6) is 1.41. The van der Waals surface area contributed by atoms with Crippen molar-refractivity contribution >= 4 is 23.4 Å². The van der Waals surface area contributed by atoms with E-state index >= 15 is 0 Å². The molecule has 120 valence electrons. The van der Waals surface area contributed by atoms with Gasteiger partial charge in [0.05, 0.1) is 17.6 Å². The molecule has 0 aromatic carbocycles. The van der Waals surface area contributed by atoms with Crippen LogP contribution in [-0.2, 0) is 0 Å². The van der Waals surface area contributed by atoms with E-state index in [9.17, 15) is 4.79 Å². The summed E-state index contributed by atoms with van der Waals surface area (Å²) in [6.45, 7) is 2.56. The van der Waals surface area contributed by atoms with E-state index in [0.717, 1.165) is 38.3 Å². The van der Waals surface area contributed by atoms with Gasteiger partial charge in [-0.15, -0.1) is 0 Å². The van der Waals surface area contributed by atoms with E-state index in [-0.39, 0.29) is 17.2 Å². The highest BCUT2D eigenvalue weighted by molar-refractivity contribution is 6.30. The van der Waals surface area contributed by atoms with Crippen molar-refractivity contribution in [3.8, 4) is 6.07 Å². The number of hydrogen-bond donors (Lipinski definition) is 0. The summed E-state index contributed by atoms with van der Waals surface area (Å²) < 4.78 is 0. The van der Waals surface area contributed by atoms with E-state index in [1.807, 2.05) is 24.1 Å². The number of likely N-dealkylation sites (N-methyl/N-ethyl adjacent to an activating group) is 1. The first-order valence-electron chi connectivity index (χ1n) is 7.93. The van der Waals surface area contributed by atoms with Crippen molar-refractivity contribution < 1.29 is 4.79 Å². The van der Waals surface area contributed by atoms with Gasteiger partial charge < -0.3 is 14.7 Å². The number of nitriles is 1. The molecule has 2 aliphatic heterocycles. The molecule has 3 atom stereocenters. The summed E-state index contributed by atoms with van der Waals surface area (Å²) in [5, 5.41) is 9.23. The van der Waals surface area contributed by atoms with Gasteiger partial charge in [0.2, 0.25) is 0 Å². The highest BCUT2D eigenvalue weighted by atomic mass is 35.5. The quantitative estimate of drug-likeness (QED) is 0.777. The van der Waals surface area contributed by atoms with Gasteiger partial charge in [-0.25, -0.2) is 9.78 Å². The van der Waals surface area contributed by atoms with Crippen LogP contribution in [0.2, 0.25) is 5.15 Å². The van der Waals surface area contributed by atoms with Crippen LogP contribution in [-0.4, -0.2) is 59.6 Å². The third-order valence-electron chi connectivity index (χ3n) is 5.35. The van der Waals surface area contributed by atoms with Crippen LogP contribution in [0.1, 0.15) is 18.4 Å². The van der Waals surface area contributed by atoms with Gasteiger partial charge in [-0.05, 0) is 30.9 Å². The summed E-state index contributed by atoms with van der Waals surface area (Å²) in [5.41, 5.74) is 0.396. The maximum Gasteiger partial charge on any atom is 0.320 e. The number of anilines is 1. The predicted octanol–water partition coefficient (Wildman–Crippen LogP) is 1.94. The lowest BCUT2D eigenvalue weighted by Crippen LogP contribution is -2.51. The van der Waals surface area contributed by atoms with Gasteiger partial charge in [0.15, 0.2) is 0 Å². The summed E-state index contributed by atoms with van der Waals surface area (Å²) >= 11 is 6.08. The molecule has 0 spiro atoms. The number of amides is 2. The zero-order valence-corrected chi connectivity index (χ0v) is 13.7. The SMILES string of the molecule is CN1CCN(C2CC3CC2N(c2ccc(C#N)c(Cl)n2)C3)C1=O. The third kappa shape index (κ3) is 2.22. The third-order valence-corrected chi connectivity index (χ3v) is 5.63. The van der Waals surface area contributed by atoms with Gasteiger partial charge in [-0.1, -0.05) is 11.6 Å². The molecule has 0 radical (unpaired) electrons. The molecule has 3 fully saturated rings. The number of urea groups is 1. The first-order chi connectivity index (χ1) is 11.1. The minimum absolute atomic E-state index is 0.133. The van der Waals surface area contributed by atoms with Crippen LogP contribution in [0.15, 0.2) is 12.1 Å². The Bertz CT molecular complexity index is 702. The van der Waals surface area contributed by atoms with E-state index in [4.69, 9.17) is 16.9 Å². The normalized spacial score (nSPS) is 29.5. The number of aromatic nitrogens is 1. The average Bonchev–Trinajstić information content (AvgIpc) is 3.22. The number of rotatable bonds is 2. The maximum atomic E-state index is 12.3. The Labute approximate surface area is 140 Å². The number of nitrogens with zero attached hydrogens (tertiary/aromatic N) is 5. The summed E-state index contributed by atoms with van der Waals surface area (Å²) in [6, 6.07) is 6.31. The van der Waals surface area contributed by atoms with E-state index < -0.39 is 0 Å². The van der Waals surface area contributed by atoms with Crippen molar-refractivity contribution in [1.29, 1.82) is 5.26 Å². The van der Waals surface area contributed by atoms with Crippen LogP contribution in [0.25, 0.3) is 0 Å². The largest absolute Gasteiger partial charge is 0.351 e. The van der Waals surface area contributed by atoms with E-state index in [2.05, 4.69) is 9.88 Å². The van der Waals surface area contributed by atoms with Crippen LogP contribution in [0.3, 0.4) is 0 Å². The fourth-order valence-electron chi connectivity index (χ4n) is 4.23. The molecule has 3 unspecified atom stereocenters. The number of hydrogen-bond acceptors (Lipinski definition) is 4. The Kier molecular flexibility index (Phi) is 3.34. The molecule has 7 heteroatoms. The number of carbonyl (C=O) groups excluding carboxylic acids is 1. The minimum atomic E-state index is 0.133. The zero-order chi connectivity index (χ0) is 16.1. The Morgan fingerprint density at radius 2 is 2.00 bits per heavy atom. The van der Waals surface area contributed by atoms with Gasteiger partial charge in [0, 0.05) is 26.7 Å². The molecular weight excluding hydrogens is 314 g/mol. The van der Waals surface area contributed by atoms with Crippen molar-refractivity contribution in [2.75, 3.05) is 31.6 Å². The summed E-state index contributed by atoms with van der Waals surface area (Å²) in [6.07, 6.45) is 2.17. The van der Waals surface area contributed by atoms with Crippen LogP contribution in [0.5, 0.6) is 0 Å². The second-order valence-electron chi connectivity index (χ2n) is 6.64. The minimum Gasteiger partial charge on any atom is -0.351 e. The first-order valence-corrected chi connectivity index (χ1v) is 8.31. The maximum absolute atomic E-state index is 12.3. The fourth-order valence-corrected chi connectivity index (χ4v) is 4.43. The van der Waals surface area contributed by atoms with Crippen molar-refractivity contribution in [3.63, 3.8) is 0 Å². The van der Waals surface area contributed by atoms with E-state index in [0.29, 0.717) is 17.5 Å². The van der Waals surface area contributed by atoms with Crippen molar-refractivity contribution in [3.05, 3.63) is 22.8 Å². The Morgan fingerprint density at radius 1 is 1.26 bits per heavy atom. The Morgan fingerprint density at radius 3 is 2.57 bits per heavy atom. The topological polar surface area (TPSA) is 63.5 Å². The highest BCUT2D eigenvalue weighted by Gasteiger charge is 2.50. The van der Waals surface area contributed by atoms with Gasteiger partial charge in [-0.2, -0.15) is 5.26 Å². The number of piperidine rings is 1. The molecule has 3 heterocycles. The predicted molar refractivity (Wildman–Crippen MR) is 86.3 cm³/mol. The molecule has 1 aromatic heterocycles. The molecule has 1 saturated carbocycles. The highest BCUT2D eigenvalue weighted by Crippen LogP contribution is 2.43. The van der Waals surface area contributed by atoms with Gasteiger partial charge in [-0.3, -0.25) is 0 Å². The van der Waals surface area contributed by atoms with E-state index in [1.165, 1.54) is 0 Å². The zero-order valence-electron chi connectivity index (χ0n) is 12.9. The molecule has 1 aliphatic carbocycles. The standard InChI is InChI=1S/C16H18ClN5O/c1-20-4-5-21(16(20)23)12-6-10-7-13(12)22(9-10)14-3-2-11(8-18)15(17)19-14/h2-3,10,12-13H,4-7,9H2,1H3. The molecule has 6 nitrogen and oxygen atoms in total. The van der Waals surface area contributed by atoms with Gasteiger partial charge in [0.1, 0.15) is 17.0 Å². The number of fused-ring (bicyclic) bond motifs is 2. The molecule has 2 amide bonds. The van der Waals surface area contributed by atoms with Crippen LogP contribution >= 0.6 is 11.6 Å². The lowest BCUT2D eigenvalue weighted by atomic mass is 10.0. The number of halogens is 1. The van der Waals surface area contributed by atoms with Crippen molar-refractivity contribution in [2.45, 2.75) is 24.9 Å².